The fraction of sp³-hybridized carbons (Fsp3) is 0.692. The highest BCUT2D eigenvalue weighted by molar-refractivity contribution is 5.48. The summed E-state index contributed by atoms with van der Waals surface area (Å²) < 4.78 is 38.2. The molecule has 0 aromatic carbocycles. The predicted molar refractivity (Wildman–Crippen MR) is 73.7 cm³/mol. The maximum absolute atomic E-state index is 12.7. The molecule has 0 saturated heterocycles. The van der Waals surface area contributed by atoms with Crippen molar-refractivity contribution in [3.8, 4) is 0 Å². The highest BCUT2D eigenvalue weighted by Gasteiger charge is 2.35. The van der Waals surface area contributed by atoms with Crippen LogP contribution in [0.4, 0.5) is 24.8 Å². The van der Waals surface area contributed by atoms with Crippen LogP contribution in [0.3, 0.4) is 0 Å². The summed E-state index contributed by atoms with van der Waals surface area (Å²) in [4.78, 5) is 6.98. The molecule has 0 bridgehead atoms. The summed E-state index contributed by atoms with van der Waals surface area (Å²) in [7, 11) is 1.52. The number of nitrogens with one attached hydrogen (secondary N) is 2. The predicted octanol–water partition coefficient (Wildman–Crippen LogP) is 3.77. The SMILES string of the molecule is CCC(CC)C(C)Nc1cc(NC)nc(C(F)(F)F)n1. The second kappa shape index (κ2) is 6.76. The number of rotatable bonds is 6. The molecular weight excluding hydrogens is 269 g/mol. The molecular formula is C13H21F3N4. The fourth-order valence-corrected chi connectivity index (χ4v) is 2.12. The topological polar surface area (TPSA) is 49.8 Å². The lowest BCUT2D eigenvalue weighted by atomic mass is 9.95. The van der Waals surface area contributed by atoms with E-state index in [1.165, 1.54) is 13.1 Å². The molecule has 0 spiro atoms. The molecule has 1 aromatic rings. The van der Waals surface area contributed by atoms with Crippen molar-refractivity contribution < 1.29 is 13.2 Å². The molecule has 4 nitrogen and oxygen atoms in total. The van der Waals surface area contributed by atoms with Gasteiger partial charge in [0.15, 0.2) is 0 Å². The van der Waals surface area contributed by atoms with E-state index in [9.17, 15) is 13.2 Å². The monoisotopic (exact) mass is 290 g/mol. The molecule has 1 heterocycles. The Morgan fingerprint density at radius 3 is 2.15 bits per heavy atom. The maximum Gasteiger partial charge on any atom is 0.451 e. The van der Waals surface area contributed by atoms with Gasteiger partial charge in [-0.15, -0.1) is 0 Å². The van der Waals surface area contributed by atoms with Crippen molar-refractivity contribution in [2.45, 2.75) is 45.8 Å². The van der Waals surface area contributed by atoms with Gasteiger partial charge in [-0.25, -0.2) is 9.97 Å². The van der Waals surface area contributed by atoms with Gasteiger partial charge in [0.05, 0.1) is 0 Å². The number of aromatic nitrogens is 2. The van der Waals surface area contributed by atoms with E-state index in [0.29, 0.717) is 5.92 Å². The molecule has 1 rings (SSSR count). The minimum absolute atomic E-state index is 0.0469. The van der Waals surface area contributed by atoms with Gasteiger partial charge >= 0.3 is 6.18 Å². The van der Waals surface area contributed by atoms with Crippen molar-refractivity contribution in [3.63, 3.8) is 0 Å². The van der Waals surface area contributed by atoms with E-state index in [1.54, 1.807) is 0 Å². The second-order valence-electron chi connectivity index (χ2n) is 4.72. The molecule has 114 valence electrons. The molecule has 0 aliphatic rings. The number of alkyl halides is 3. The van der Waals surface area contributed by atoms with Crippen LogP contribution in [0.1, 0.15) is 39.4 Å². The molecule has 1 atom stereocenters. The second-order valence-corrected chi connectivity index (χ2v) is 4.72. The lowest BCUT2D eigenvalue weighted by molar-refractivity contribution is -0.144. The molecule has 0 fully saturated rings. The molecule has 0 aliphatic heterocycles. The standard InChI is InChI=1S/C13H21F3N4/c1-5-9(6-2)8(3)18-11-7-10(17-4)19-12(20-11)13(14,15)16/h7-9H,5-6H2,1-4H3,(H2,17,18,19,20). The molecule has 7 heteroatoms. The van der Waals surface area contributed by atoms with Crippen molar-refractivity contribution >= 4 is 11.6 Å². The summed E-state index contributed by atoms with van der Waals surface area (Å²) in [5.74, 6) is -0.413. The highest BCUT2D eigenvalue weighted by atomic mass is 19.4. The zero-order valence-electron chi connectivity index (χ0n) is 12.2. The molecule has 0 aliphatic carbocycles. The molecule has 0 amide bonds. The molecule has 20 heavy (non-hydrogen) atoms. The first-order valence-electron chi connectivity index (χ1n) is 6.72. The van der Waals surface area contributed by atoms with Crippen LogP contribution in [-0.2, 0) is 6.18 Å². The average Bonchev–Trinajstić information content (AvgIpc) is 2.38. The van der Waals surface area contributed by atoms with Crippen molar-refractivity contribution in [2.75, 3.05) is 17.7 Å². The van der Waals surface area contributed by atoms with Crippen LogP contribution in [0.2, 0.25) is 0 Å². The smallest absolute Gasteiger partial charge is 0.373 e. The van der Waals surface area contributed by atoms with Gasteiger partial charge < -0.3 is 10.6 Å². The van der Waals surface area contributed by atoms with E-state index in [1.807, 2.05) is 6.92 Å². The minimum Gasteiger partial charge on any atom is -0.373 e. The number of hydrogen-bond donors (Lipinski definition) is 2. The van der Waals surface area contributed by atoms with Crippen LogP contribution in [0.5, 0.6) is 0 Å². The van der Waals surface area contributed by atoms with Crippen molar-refractivity contribution in [1.82, 2.24) is 9.97 Å². The number of halogens is 3. The number of nitrogens with zero attached hydrogens (tertiary/aromatic N) is 2. The summed E-state index contributed by atoms with van der Waals surface area (Å²) in [5.41, 5.74) is 0. The Balaban J connectivity index is 3.00. The van der Waals surface area contributed by atoms with Crippen molar-refractivity contribution in [2.24, 2.45) is 5.92 Å². The van der Waals surface area contributed by atoms with Gasteiger partial charge in [-0.2, -0.15) is 13.2 Å². The lowest BCUT2D eigenvalue weighted by Crippen LogP contribution is -2.26. The summed E-state index contributed by atoms with van der Waals surface area (Å²) in [6.45, 7) is 6.07. The Labute approximate surface area is 117 Å². The van der Waals surface area contributed by atoms with E-state index < -0.39 is 12.0 Å². The van der Waals surface area contributed by atoms with Crippen molar-refractivity contribution in [3.05, 3.63) is 11.9 Å². The Bertz CT molecular complexity index is 430. The van der Waals surface area contributed by atoms with E-state index in [4.69, 9.17) is 0 Å². The van der Waals surface area contributed by atoms with Crippen LogP contribution in [0.25, 0.3) is 0 Å². The lowest BCUT2D eigenvalue weighted by Gasteiger charge is -2.23. The van der Waals surface area contributed by atoms with E-state index >= 15 is 0 Å². The summed E-state index contributed by atoms with van der Waals surface area (Å²) in [6.07, 6.45) is -2.64. The van der Waals surface area contributed by atoms with Crippen molar-refractivity contribution in [1.29, 1.82) is 0 Å². The van der Waals surface area contributed by atoms with Crippen LogP contribution < -0.4 is 10.6 Å². The Morgan fingerprint density at radius 1 is 1.15 bits per heavy atom. The zero-order chi connectivity index (χ0) is 15.3. The first-order valence-corrected chi connectivity index (χ1v) is 6.72. The quantitative estimate of drug-likeness (QED) is 0.837. The largest absolute Gasteiger partial charge is 0.451 e. The molecule has 0 radical (unpaired) electrons. The summed E-state index contributed by atoms with van der Waals surface area (Å²) in [5, 5.41) is 5.66. The fourth-order valence-electron chi connectivity index (χ4n) is 2.12. The normalized spacial score (nSPS) is 13.4. The van der Waals surface area contributed by atoms with Gasteiger partial charge in [-0.3, -0.25) is 0 Å². The van der Waals surface area contributed by atoms with Crippen LogP contribution >= 0.6 is 0 Å². The highest BCUT2D eigenvalue weighted by Crippen LogP contribution is 2.28. The van der Waals surface area contributed by atoms with Gasteiger partial charge in [0.1, 0.15) is 11.6 Å². The maximum atomic E-state index is 12.7. The van der Waals surface area contributed by atoms with Gasteiger partial charge in [0.25, 0.3) is 0 Å². The summed E-state index contributed by atoms with van der Waals surface area (Å²) >= 11 is 0. The number of anilines is 2. The third-order valence-electron chi connectivity index (χ3n) is 3.37. The summed E-state index contributed by atoms with van der Waals surface area (Å²) in [6, 6.07) is 1.53. The Kier molecular flexibility index (Phi) is 5.59. The van der Waals surface area contributed by atoms with Gasteiger partial charge in [-0.1, -0.05) is 26.7 Å². The molecule has 1 unspecified atom stereocenters. The molecule has 2 N–H and O–H groups in total. The third kappa shape index (κ3) is 4.25. The van der Waals surface area contributed by atoms with E-state index in [-0.39, 0.29) is 17.7 Å². The van der Waals surface area contributed by atoms with Gasteiger partial charge in [0, 0.05) is 19.2 Å². The first-order chi connectivity index (χ1) is 9.31. The molecule has 0 saturated carbocycles. The van der Waals surface area contributed by atoms with E-state index in [2.05, 4.69) is 34.4 Å². The van der Waals surface area contributed by atoms with Crippen LogP contribution in [0, 0.1) is 5.92 Å². The van der Waals surface area contributed by atoms with Crippen LogP contribution in [-0.4, -0.2) is 23.1 Å². The van der Waals surface area contributed by atoms with E-state index in [0.717, 1.165) is 12.8 Å². The Morgan fingerprint density at radius 2 is 1.70 bits per heavy atom. The van der Waals surface area contributed by atoms with Gasteiger partial charge in [-0.05, 0) is 12.8 Å². The third-order valence-corrected chi connectivity index (χ3v) is 3.37. The molecule has 1 aromatic heterocycles. The minimum atomic E-state index is -4.55. The van der Waals surface area contributed by atoms with Crippen LogP contribution in [0.15, 0.2) is 6.07 Å². The zero-order valence-corrected chi connectivity index (χ0v) is 12.2. The number of hydrogen-bond acceptors (Lipinski definition) is 4. The van der Waals surface area contributed by atoms with Gasteiger partial charge in [0.2, 0.25) is 5.82 Å². The Hall–Kier alpha value is -1.53. The average molecular weight is 290 g/mol. The first kappa shape index (κ1) is 16.5.